The number of hydrogen-bond acceptors (Lipinski definition) is 1. The van der Waals surface area contributed by atoms with Crippen molar-refractivity contribution in [2.75, 3.05) is 0 Å². The Morgan fingerprint density at radius 2 is 2.00 bits per heavy atom. The van der Waals surface area contributed by atoms with E-state index in [2.05, 4.69) is 52.0 Å². The maximum atomic E-state index is 8.74. The van der Waals surface area contributed by atoms with E-state index < -0.39 is 0 Å². The molecule has 1 unspecified atom stereocenters. The molecule has 1 aliphatic rings. The second-order valence-electron chi connectivity index (χ2n) is 5.31. The van der Waals surface area contributed by atoms with Crippen LogP contribution >= 0.6 is 0 Å². The van der Waals surface area contributed by atoms with Gasteiger partial charge in [-0.1, -0.05) is 58.1 Å². The van der Waals surface area contributed by atoms with E-state index >= 15 is 0 Å². The Labute approximate surface area is 92.8 Å². The second kappa shape index (κ2) is 4.06. The van der Waals surface area contributed by atoms with Gasteiger partial charge in [-0.05, 0) is 11.0 Å². The fourth-order valence-electron chi connectivity index (χ4n) is 1.58. The zero-order chi connectivity index (χ0) is 11.5. The second-order valence-corrected chi connectivity index (χ2v) is 5.31. The summed E-state index contributed by atoms with van der Waals surface area (Å²) >= 11 is 0. The molecular formula is C14H19N. The number of rotatable bonds is 1. The molecule has 0 fully saturated rings. The van der Waals surface area contributed by atoms with Gasteiger partial charge in [-0.3, -0.25) is 0 Å². The molecule has 0 saturated heterocycles. The lowest BCUT2D eigenvalue weighted by Gasteiger charge is -2.37. The molecule has 0 aromatic heterocycles. The summed E-state index contributed by atoms with van der Waals surface area (Å²) < 4.78 is 0. The van der Waals surface area contributed by atoms with Crippen LogP contribution < -0.4 is 0 Å². The van der Waals surface area contributed by atoms with Crippen molar-refractivity contribution < 1.29 is 0 Å². The molecule has 0 radical (unpaired) electrons. The third kappa shape index (κ3) is 2.59. The third-order valence-corrected chi connectivity index (χ3v) is 3.25. The maximum absolute atomic E-state index is 8.74. The molecule has 0 heterocycles. The minimum atomic E-state index is 0.0166. The van der Waals surface area contributed by atoms with Gasteiger partial charge >= 0.3 is 0 Å². The third-order valence-electron chi connectivity index (χ3n) is 3.25. The minimum Gasteiger partial charge on any atom is -0.198 e. The van der Waals surface area contributed by atoms with E-state index in [4.69, 9.17) is 5.26 Å². The van der Waals surface area contributed by atoms with Crippen LogP contribution in [0.3, 0.4) is 0 Å². The highest BCUT2D eigenvalue weighted by molar-refractivity contribution is 5.34. The Morgan fingerprint density at radius 3 is 2.53 bits per heavy atom. The highest BCUT2D eigenvalue weighted by Gasteiger charge is 2.33. The first-order chi connectivity index (χ1) is 6.89. The Hall–Kier alpha value is -1.29. The molecule has 1 atom stereocenters. The van der Waals surface area contributed by atoms with Gasteiger partial charge in [0.05, 0.1) is 12.5 Å². The normalized spacial score (nSPS) is 25.7. The summed E-state index contributed by atoms with van der Waals surface area (Å²) in [6.07, 6.45) is 11.0. The lowest BCUT2D eigenvalue weighted by atomic mass is 9.67. The smallest absolute Gasteiger partial charge is 0.0669 e. The zero-order valence-electron chi connectivity index (χ0n) is 10.0. The van der Waals surface area contributed by atoms with Crippen molar-refractivity contribution in [3.8, 4) is 6.07 Å². The SMILES string of the molecule is CC(C)(C)C1(C)C=CC=CC(CC#N)=C1. The number of hydrogen-bond donors (Lipinski definition) is 0. The lowest BCUT2D eigenvalue weighted by molar-refractivity contribution is 0.227. The fourth-order valence-corrected chi connectivity index (χ4v) is 1.58. The molecule has 1 heteroatoms. The minimum absolute atomic E-state index is 0.0166. The summed E-state index contributed by atoms with van der Waals surface area (Å²) in [7, 11) is 0. The molecule has 1 aliphatic carbocycles. The summed E-state index contributed by atoms with van der Waals surface area (Å²) in [5.41, 5.74) is 1.29. The standard InChI is InChI=1S/C14H19N/c1-13(2,3)14(4)9-6-5-7-12(11-14)8-10-15/h5-7,9,11H,8H2,1-4H3. The Balaban J connectivity index is 3.11. The first kappa shape index (κ1) is 11.8. The van der Waals surface area contributed by atoms with Gasteiger partial charge in [-0.25, -0.2) is 0 Å². The molecule has 80 valence electrons. The summed E-state index contributed by atoms with van der Waals surface area (Å²) in [6, 6.07) is 2.21. The predicted molar refractivity (Wildman–Crippen MR) is 64.2 cm³/mol. The quantitative estimate of drug-likeness (QED) is 0.629. The van der Waals surface area contributed by atoms with E-state index in [1.807, 2.05) is 12.2 Å². The molecule has 0 amide bonds. The van der Waals surface area contributed by atoms with Crippen LogP contribution in [0.5, 0.6) is 0 Å². The van der Waals surface area contributed by atoms with Crippen LogP contribution in [-0.4, -0.2) is 0 Å². The van der Waals surface area contributed by atoms with Crippen molar-refractivity contribution in [3.63, 3.8) is 0 Å². The number of allylic oxidation sites excluding steroid dienone is 6. The van der Waals surface area contributed by atoms with Crippen molar-refractivity contribution in [2.45, 2.75) is 34.1 Å². The van der Waals surface area contributed by atoms with Crippen molar-refractivity contribution in [1.29, 1.82) is 5.26 Å². The summed E-state index contributed by atoms with van der Waals surface area (Å²) in [5.74, 6) is 0. The molecule has 0 spiro atoms. The van der Waals surface area contributed by atoms with Gasteiger partial charge in [0.15, 0.2) is 0 Å². The van der Waals surface area contributed by atoms with Gasteiger partial charge in [0, 0.05) is 5.41 Å². The highest BCUT2D eigenvalue weighted by Crippen LogP contribution is 2.42. The molecule has 0 saturated carbocycles. The predicted octanol–water partition coefficient (Wildman–Crippen LogP) is 4.00. The topological polar surface area (TPSA) is 23.8 Å². The van der Waals surface area contributed by atoms with Gasteiger partial charge in [0.25, 0.3) is 0 Å². The van der Waals surface area contributed by atoms with E-state index in [1.165, 1.54) is 0 Å². The van der Waals surface area contributed by atoms with E-state index in [0.29, 0.717) is 6.42 Å². The van der Waals surface area contributed by atoms with Crippen LogP contribution in [0.25, 0.3) is 0 Å². The first-order valence-corrected chi connectivity index (χ1v) is 5.34. The van der Waals surface area contributed by atoms with Gasteiger partial charge in [-0.2, -0.15) is 5.26 Å². The largest absolute Gasteiger partial charge is 0.198 e. The molecule has 15 heavy (non-hydrogen) atoms. The average Bonchev–Trinajstić information content (AvgIpc) is 2.28. The fraction of sp³-hybridized carbons (Fsp3) is 0.500. The average molecular weight is 201 g/mol. The van der Waals surface area contributed by atoms with Gasteiger partial charge in [0.1, 0.15) is 0 Å². The molecule has 0 N–H and O–H groups in total. The lowest BCUT2D eigenvalue weighted by Crippen LogP contribution is -2.28. The Bertz CT molecular complexity index is 358. The summed E-state index contributed by atoms with van der Waals surface area (Å²) in [4.78, 5) is 0. The van der Waals surface area contributed by atoms with Crippen molar-refractivity contribution in [3.05, 3.63) is 36.0 Å². The van der Waals surface area contributed by atoms with Crippen molar-refractivity contribution in [2.24, 2.45) is 10.8 Å². The molecule has 0 aromatic carbocycles. The van der Waals surface area contributed by atoms with E-state index in [0.717, 1.165) is 5.57 Å². The number of nitrogens with zero attached hydrogens (tertiary/aromatic N) is 1. The van der Waals surface area contributed by atoms with Crippen LogP contribution in [0, 0.1) is 22.2 Å². The van der Waals surface area contributed by atoms with Crippen LogP contribution in [0.15, 0.2) is 36.0 Å². The Kier molecular flexibility index (Phi) is 3.19. The summed E-state index contributed by atoms with van der Waals surface area (Å²) in [5, 5.41) is 8.74. The summed E-state index contributed by atoms with van der Waals surface area (Å²) in [6.45, 7) is 8.89. The zero-order valence-corrected chi connectivity index (χ0v) is 10.0. The van der Waals surface area contributed by atoms with Crippen molar-refractivity contribution >= 4 is 0 Å². The van der Waals surface area contributed by atoms with Gasteiger partial charge < -0.3 is 0 Å². The van der Waals surface area contributed by atoms with E-state index in [1.54, 1.807) is 0 Å². The van der Waals surface area contributed by atoms with Crippen LogP contribution in [0.4, 0.5) is 0 Å². The Morgan fingerprint density at radius 1 is 1.33 bits per heavy atom. The molecule has 0 aromatic rings. The molecule has 1 nitrogen and oxygen atoms in total. The number of nitriles is 1. The highest BCUT2D eigenvalue weighted by atomic mass is 14.4. The monoisotopic (exact) mass is 201 g/mol. The molecule has 0 bridgehead atoms. The van der Waals surface area contributed by atoms with E-state index in [9.17, 15) is 0 Å². The van der Waals surface area contributed by atoms with Crippen molar-refractivity contribution in [1.82, 2.24) is 0 Å². The molecule has 1 rings (SSSR count). The molecular weight excluding hydrogens is 182 g/mol. The van der Waals surface area contributed by atoms with Gasteiger partial charge in [-0.15, -0.1) is 0 Å². The first-order valence-electron chi connectivity index (χ1n) is 5.34. The van der Waals surface area contributed by atoms with Gasteiger partial charge in [0.2, 0.25) is 0 Å². The maximum Gasteiger partial charge on any atom is 0.0669 e. The van der Waals surface area contributed by atoms with Crippen LogP contribution in [0.2, 0.25) is 0 Å². The van der Waals surface area contributed by atoms with Crippen LogP contribution in [0.1, 0.15) is 34.1 Å². The molecule has 0 aliphatic heterocycles. The van der Waals surface area contributed by atoms with Crippen LogP contribution in [-0.2, 0) is 0 Å². The van der Waals surface area contributed by atoms with E-state index in [-0.39, 0.29) is 10.8 Å².